The third-order valence-electron chi connectivity index (χ3n) is 3.72. The Hall–Kier alpha value is -0.610. The van der Waals surface area contributed by atoms with Crippen molar-refractivity contribution in [2.75, 3.05) is 19.8 Å². The molecule has 0 aromatic carbocycles. The lowest BCUT2D eigenvalue weighted by Crippen LogP contribution is -2.49. The second-order valence-electron chi connectivity index (χ2n) is 5.10. The van der Waals surface area contributed by atoms with E-state index in [-0.39, 0.29) is 18.6 Å². The Kier molecular flexibility index (Phi) is 7.28. The van der Waals surface area contributed by atoms with Crippen molar-refractivity contribution in [1.29, 1.82) is 0 Å². The van der Waals surface area contributed by atoms with Crippen LogP contribution in [0.15, 0.2) is 0 Å². The van der Waals surface area contributed by atoms with Crippen LogP contribution in [0.25, 0.3) is 0 Å². The summed E-state index contributed by atoms with van der Waals surface area (Å²) in [7, 11) is 0. The van der Waals surface area contributed by atoms with Crippen molar-refractivity contribution < 1.29 is 14.6 Å². The molecule has 1 saturated heterocycles. The molecule has 1 heterocycles. The predicted molar refractivity (Wildman–Crippen MR) is 71.4 cm³/mol. The number of hydrogen-bond acceptors (Lipinski definition) is 4. The number of hydrogen-bond donors (Lipinski definition) is 1. The van der Waals surface area contributed by atoms with Crippen molar-refractivity contribution in [3.05, 3.63) is 0 Å². The van der Waals surface area contributed by atoms with E-state index in [2.05, 4.69) is 11.8 Å². The summed E-state index contributed by atoms with van der Waals surface area (Å²) < 4.78 is 5.28. The Bertz CT molecular complexity index is 243. The molecule has 0 aromatic heterocycles. The van der Waals surface area contributed by atoms with Gasteiger partial charge >= 0.3 is 5.97 Å². The van der Waals surface area contributed by atoms with Crippen LogP contribution in [-0.2, 0) is 9.53 Å². The van der Waals surface area contributed by atoms with Gasteiger partial charge in [-0.05, 0) is 39.2 Å². The minimum Gasteiger partial charge on any atom is -0.465 e. The summed E-state index contributed by atoms with van der Waals surface area (Å²) in [6, 6.07) is 0.149. The van der Waals surface area contributed by atoms with Gasteiger partial charge in [-0.3, -0.25) is 9.69 Å². The van der Waals surface area contributed by atoms with Crippen molar-refractivity contribution in [2.45, 2.75) is 64.5 Å². The Morgan fingerprint density at radius 3 is 2.94 bits per heavy atom. The van der Waals surface area contributed by atoms with Crippen molar-refractivity contribution in [3.8, 4) is 0 Å². The van der Waals surface area contributed by atoms with E-state index in [0.717, 1.165) is 38.6 Å². The molecule has 4 nitrogen and oxygen atoms in total. The maximum Gasteiger partial charge on any atom is 0.323 e. The highest BCUT2D eigenvalue weighted by Crippen LogP contribution is 2.22. The third-order valence-corrected chi connectivity index (χ3v) is 3.72. The molecule has 2 atom stereocenters. The molecule has 1 aliphatic heterocycles. The number of aliphatic hydroxyl groups excluding tert-OH is 1. The van der Waals surface area contributed by atoms with Crippen molar-refractivity contribution in [3.63, 3.8) is 0 Å². The van der Waals surface area contributed by atoms with Gasteiger partial charge in [-0.25, -0.2) is 0 Å². The largest absolute Gasteiger partial charge is 0.465 e. The molecule has 0 spiro atoms. The predicted octanol–water partition coefficient (Wildman–Crippen LogP) is 1.96. The van der Waals surface area contributed by atoms with Crippen LogP contribution in [0.3, 0.4) is 0 Å². The molecule has 0 bridgehead atoms. The summed E-state index contributed by atoms with van der Waals surface area (Å²) in [4.78, 5) is 14.1. The fourth-order valence-electron chi connectivity index (χ4n) is 2.56. The van der Waals surface area contributed by atoms with Gasteiger partial charge in [0.1, 0.15) is 6.04 Å². The fraction of sp³-hybridized carbons (Fsp3) is 0.929. The van der Waals surface area contributed by atoms with Crippen LogP contribution in [0.5, 0.6) is 0 Å². The van der Waals surface area contributed by atoms with Gasteiger partial charge in [0.15, 0.2) is 0 Å². The molecule has 106 valence electrons. The highest BCUT2D eigenvalue weighted by Gasteiger charge is 2.30. The highest BCUT2D eigenvalue weighted by molar-refractivity contribution is 5.75. The molecule has 0 aliphatic carbocycles. The molecular formula is C14H27NO3. The van der Waals surface area contributed by atoms with Crippen LogP contribution in [0.4, 0.5) is 0 Å². The molecule has 0 amide bonds. The second kappa shape index (κ2) is 8.48. The molecule has 1 rings (SSSR count). The average molecular weight is 257 g/mol. The summed E-state index contributed by atoms with van der Waals surface area (Å²) >= 11 is 0. The number of carbonyl (C=O) groups excluding carboxylic acids is 1. The van der Waals surface area contributed by atoms with E-state index in [1.165, 1.54) is 6.42 Å². The molecule has 0 aromatic rings. The second-order valence-corrected chi connectivity index (χ2v) is 5.10. The quantitative estimate of drug-likeness (QED) is 0.559. The fourth-order valence-corrected chi connectivity index (χ4v) is 2.56. The number of unbranched alkanes of at least 4 members (excludes halogenated alkanes) is 1. The molecular weight excluding hydrogens is 230 g/mol. The van der Waals surface area contributed by atoms with Crippen LogP contribution in [0.2, 0.25) is 0 Å². The number of piperidine rings is 1. The number of carbonyl (C=O) groups is 1. The van der Waals surface area contributed by atoms with Crippen molar-refractivity contribution in [1.82, 2.24) is 4.90 Å². The smallest absolute Gasteiger partial charge is 0.323 e. The average Bonchev–Trinajstić information content (AvgIpc) is 2.39. The molecule has 18 heavy (non-hydrogen) atoms. The summed E-state index contributed by atoms with van der Waals surface area (Å²) in [5.74, 6) is -0.117. The number of esters is 1. The van der Waals surface area contributed by atoms with E-state index < -0.39 is 0 Å². The highest BCUT2D eigenvalue weighted by atomic mass is 16.5. The van der Waals surface area contributed by atoms with E-state index in [1.807, 2.05) is 6.92 Å². The van der Waals surface area contributed by atoms with Crippen LogP contribution >= 0.6 is 0 Å². The van der Waals surface area contributed by atoms with Gasteiger partial charge in [0.25, 0.3) is 0 Å². The number of ether oxygens (including phenoxy) is 1. The van der Waals surface area contributed by atoms with Gasteiger partial charge in [0.05, 0.1) is 6.61 Å². The number of rotatable bonds is 7. The normalized spacial score (nSPS) is 22.7. The van der Waals surface area contributed by atoms with Crippen LogP contribution in [0, 0.1) is 0 Å². The number of aliphatic hydroxyl groups is 1. The monoisotopic (exact) mass is 257 g/mol. The van der Waals surface area contributed by atoms with Crippen LogP contribution in [0.1, 0.15) is 52.4 Å². The minimum absolute atomic E-state index is 0.117. The topological polar surface area (TPSA) is 49.8 Å². The van der Waals surface area contributed by atoms with Gasteiger partial charge in [-0.15, -0.1) is 0 Å². The number of likely N-dealkylation sites (tertiary alicyclic amines) is 1. The molecule has 1 aliphatic rings. The van der Waals surface area contributed by atoms with Crippen LogP contribution < -0.4 is 0 Å². The summed E-state index contributed by atoms with van der Waals surface area (Å²) in [6.45, 7) is 5.66. The zero-order chi connectivity index (χ0) is 13.4. The van der Waals surface area contributed by atoms with Gasteiger partial charge in [-0.1, -0.05) is 19.8 Å². The third kappa shape index (κ3) is 4.58. The molecule has 0 saturated carbocycles. The molecule has 0 radical (unpaired) electrons. The van der Waals surface area contributed by atoms with E-state index >= 15 is 0 Å². The minimum atomic E-state index is -0.182. The first-order valence-corrected chi connectivity index (χ1v) is 7.24. The molecule has 4 heteroatoms. The Morgan fingerprint density at radius 1 is 1.50 bits per heavy atom. The van der Waals surface area contributed by atoms with Crippen molar-refractivity contribution >= 4 is 5.97 Å². The Morgan fingerprint density at radius 2 is 2.28 bits per heavy atom. The molecule has 1 N–H and O–H groups in total. The van der Waals surface area contributed by atoms with Crippen LogP contribution in [-0.4, -0.2) is 47.8 Å². The summed E-state index contributed by atoms with van der Waals surface area (Å²) in [5.41, 5.74) is 0. The van der Waals surface area contributed by atoms with Gasteiger partial charge in [0, 0.05) is 12.6 Å². The Balaban J connectivity index is 2.45. The molecule has 2 unspecified atom stereocenters. The maximum absolute atomic E-state index is 11.9. The first-order valence-electron chi connectivity index (χ1n) is 7.24. The summed E-state index contributed by atoms with van der Waals surface area (Å²) in [5, 5.41) is 9.09. The van der Waals surface area contributed by atoms with E-state index in [4.69, 9.17) is 9.84 Å². The van der Waals surface area contributed by atoms with Gasteiger partial charge in [0.2, 0.25) is 0 Å². The summed E-state index contributed by atoms with van der Waals surface area (Å²) in [6.07, 6.45) is 6.13. The maximum atomic E-state index is 11.9. The standard InChI is InChI=1S/C14H27NO3/c1-3-4-11-18-14(17)12(2)15-9-6-5-7-13(15)8-10-16/h12-13,16H,3-11H2,1-2H3. The van der Waals surface area contributed by atoms with E-state index in [9.17, 15) is 4.79 Å². The van der Waals surface area contributed by atoms with Gasteiger partial charge < -0.3 is 9.84 Å². The zero-order valence-electron chi connectivity index (χ0n) is 11.7. The first kappa shape index (κ1) is 15.4. The van der Waals surface area contributed by atoms with E-state index in [1.54, 1.807) is 0 Å². The van der Waals surface area contributed by atoms with Crippen molar-refractivity contribution in [2.24, 2.45) is 0 Å². The Labute approximate surface area is 110 Å². The number of nitrogens with zero attached hydrogens (tertiary/aromatic N) is 1. The lowest BCUT2D eigenvalue weighted by atomic mass is 9.98. The van der Waals surface area contributed by atoms with Gasteiger partial charge in [-0.2, -0.15) is 0 Å². The first-order chi connectivity index (χ1) is 8.70. The lowest BCUT2D eigenvalue weighted by Gasteiger charge is -2.38. The molecule has 1 fully saturated rings. The lowest BCUT2D eigenvalue weighted by molar-refractivity contribution is -0.151. The zero-order valence-corrected chi connectivity index (χ0v) is 11.7. The SMILES string of the molecule is CCCCOC(=O)C(C)N1CCCCC1CCO. The van der Waals surface area contributed by atoms with E-state index in [0.29, 0.717) is 12.6 Å².